The largest absolute Gasteiger partial charge is 0.463 e. The summed E-state index contributed by atoms with van der Waals surface area (Å²) in [6, 6.07) is 16.3. The molecular formula is C23H16N4O6S. The summed E-state index contributed by atoms with van der Waals surface area (Å²) in [7, 11) is 1.27. The van der Waals surface area contributed by atoms with Crippen LogP contribution in [0.15, 0.2) is 75.0 Å². The molecule has 0 aliphatic rings. The Bertz CT molecular complexity index is 1620. The summed E-state index contributed by atoms with van der Waals surface area (Å²) in [5.41, 5.74) is 1.63. The lowest BCUT2D eigenvalue weighted by molar-refractivity contribution is -0.384. The summed E-state index contributed by atoms with van der Waals surface area (Å²) in [6.45, 7) is 0. The lowest BCUT2D eigenvalue weighted by atomic mass is 10.2. The third-order valence-corrected chi connectivity index (χ3v) is 6.17. The van der Waals surface area contributed by atoms with Gasteiger partial charge in [-0.3, -0.25) is 19.5 Å². The van der Waals surface area contributed by atoms with E-state index in [9.17, 15) is 19.7 Å². The van der Waals surface area contributed by atoms with Crippen LogP contribution in [0.2, 0.25) is 0 Å². The molecule has 0 saturated carbocycles. The number of furan rings is 1. The van der Waals surface area contributed by atoms with Gasteiger partial charge in [-0.15, -0.1) is 0 Å². The van der Waals surface area contributed by atoms with Gasteiger partial charge < -0.3 is 14.1 Å². The molecule has 0 atom stereocenters. The van der Waals surface area contributed by atoms with Crippen molar-refractivity contribution in [3.63, 3.8) is 0 Å². The smallest absolute Gasteiger partial charge is 0.373 e. The molecule has 0 bridgehead atoms. The number of thioether (sulfide) groups is 1. The number of para-hydroxylation sites is 1. The summed E-state index contributed by atoms with van der Waals surface area (Å²) < 4.78 is 11.6. The number of aromatic nitrogens is 3. The molecule has 5 rings (SSSR count). The maximum absolute atomic E-state index is 13.5. The van der Waals surface area contributed by atoms with Crippen LogP contribution < -0.4 is 5.56 Å². The van der Waals surface area contributed by atoms with E-state index in [1.807, 2.05) is 24.3 Å². The minimum atomic E-state index is -0.586. The lowest BCUT2D eigenvalue weighted by Crippen LogP contribution is -2.21. The fraction of sp³-hybridized carbons (Fsp3) is 0.0870. The number of carbonyl (C=O) groups is 1. The van der Waals surface area contributed by atoms with Crippen molar-refractivity contribution in [3.8, 4) is 5.69 Å². The summed E-state index contributed by atoms with van der Waals surface area (Å²) in [6.07, 6.45) is 0. The number of carbonyl (C=O) groups excluding carboxylic acids is 1. The Morgan fingerprint density at radius 2 is 1.94 bits per heavy atom. The van der Waals surface area contributed by atoms with Crippen LogP contribution in [0.5, 0.6) is 0 Å². The molecule has 11 heteroatoms. The first-order chi connectivity index (χ1) is 16.5. The van der Waals surface area contributed by atoms with Gasteiger partial charge in [0.15, 0.2) is 5.16 Å². The van der Waals surface area contributed by atoms with Gasteiger partial charge in [0, 0.05) is 23.0 Å². The maximum atomic E-state index is 13.5. The number of H-pyrrole nitrogens is 1. The first-order valence-electron chi connectivity index (χ1n) is 10.0. The van der Waals surface area contributed by atoms with Gasteiger partial charge in [-0.2, -0.15) is 0 Å². The molecule has 0 radical (unpaired) electrons. The average Bonchev–Trinajstić information content (AvgIpc) is 3.47. The number of esters is 1. The van der Waals surface area contributed by atoms with Gasteiger partial charge in [0.05, 0.1) is 23.5 Å². The molecule has 0 amide bonds. The van der Waals surface area contributed by atoms with Gasteiger partial charge in [0.25, 0.3) is 11.2 Å². The molecule has 170 valence electrons. The number of benzene rings is 2. The number of hydrogen-bond acceptors (Lipinski definition) is 8. The van der Waals surface area contributed by atoms with Crippen molar-refractivity contribution in [1.29, 1.82) is 0 Å². The SMILES string of the molecule is COC(=O)c1ccc(CSc2nc3c([nH]c4ccccc43)c(=O)n2-c2ccc([N+](=O)[O-])cc2)o1. The van der Waals surface area contributed by atoms with Crippen LogP contribution >= 0.6 is 11.8 Å². The van der Waals surface area contributed by atoms with Crippen molar-refractivity contribution >= 4 is 45.4 Å². The van der Waals surface area contributed by atoms with Crippen LogP contribution in [0.4, 0.5) is 5.69 Å². The quantitative estimate of drug-likeness (QED) is 0.125. The average molecular weight is 476 g/mol. The van der Waals surface area contributed by atoms with Crippen molar-refractivity contribution in [2.45, 2.75) is 10.9 Å². The molecule has 2 aromatic carbocycles. The van der Waals surface area contributed by atoms with E-state index in [0.717, 1.165) is 10.9 Å². The van der Waals surface area contributed by atoms with Crippen LogP contribution in [0.1, 0.15) is 16.3 Å². The highest BCUT2D eigenvalue weighted by Crippen LogP contribution is 2.29. The van der Waals surface area contributed by atoms with Crippen molar-refractivity contribution < 1.29 is 18.9 Å². The van der Waals surface area contributed by atoms with Gasteiger partial charge >= 0.3 is 5.97 Å². The van der Waals surface area contributed by atoms with Crippen molar-refractivity contribution in [2.24, 2.45) is 0 Å². The Hall–Kier alpha value is -4.38. The fourth-order valence-corrected chi connectivity index (χ4v) is 4.49. The number of hydrogen-bond donors (Lipinski definition) is 1. The number of nitrogens with one attached hydrogen (secondary N) is 1. The second kappa shape index (κ2) is 8.52. The van der Waals surface area contributed by atoms with Crippen LogP contribution in [0.3, 0.4) is 0 Å². The highest BCUT2D eigenvalue weighted by atomic mass is 32.2. The monoisotopic (exact) mass is 476 g/mol. The molecule has 0 spiro atoms. The number of fused-ring (bicyclic) bond motifs is 3. The summed E-state index contributed by atoms with van der Waals surface area (Å²) >= 11 is 1.24. The predicted molar refractivity (Wildman–Crippen MR) is 125 cm³/mol. The van der Waals surface area contributed by atoms with E-state index in [2.05, 4.69) is 9.72 Å². The zero-order valence-corrected chi connectivity index (χ0v) is 18.5. The number of nitro groups is 1. The van der Waals surface area contributed by atoms with E-state index < -0.39 is 10.9 Å². The first kappa shape index (κ1) is 21.5. The normalized spacial score (nSPS) is 11.2. The molecule has 0 saturated heterocycles. The van der Waals surface area contributed by atoms with Gasteiger partial charge in [-0.05, 0) is 30.3 Å². The van der Waals surface area contributed by atoms with Crippen LogP contribution in [0, 0.1) is 10.1 Å². The Morgan fingerprint density at radius 1 is 1.18 bits per heavy atom. The number of aromatic amines is 1. The third-order valence-electron chi connectivity index (χ3n) is 5.20. The van der Waals surface area contributed by atoms with E-state index in [1.54, 1.807) is 6.07 Å². The zero-order valence-electron chi connectivity index (χ0n) is 17.7. The number of ether oxygens (including phenoxy) is 1. The molecule has 5 aromatic rings. The number of nitrogens with zero attached hydrogens (tertiary/aromatic N) is 3. The Kier molecular flexibility index (Phi) is 5.38. The Balaban J connectivity index is 1.63. The van der Waals surface area contributed by atoms with Crippen LogP contribution in [-0.4, -0.2) is 32.5 Å². The molecule has 1 N–H and O–H groups in total. The first-order valence-corrected chi connectivity index (χ1v) is 11.0. The van der Waals surface area contributed by atoms with Gasteiger partial charge in [0.2, 0.25) is 5.76 Å². The number of rotatable bonds is 6. The number of methoxy groups -OCH3 is 1. The molecule has 0 unspecified atom stereocenters. The zero-order chi connectivity index (χ0) is 23.8. The van der Waals surface area contributed by atoms with Gasteiger partial charge in [-0.1, -0.05) is 30.0 Å². The van der Waals surface area contributed by atoms with Crippen molar-refractivity contribution in [2.75, 3.05) is 7.11 Å². The van der Waals surface area contributed by atoms with Crippen molar-refractivity contribution in [3.05, 3.63) is 92.7 Å². The maximum Gasteiger partial charge on any atom is 0.373 e. The molecule has 0 aliphatic heterocycles. The highest BCUT2D eigenvalue weighted by molar-refractivity contribution is 7.98. The van der Waals surface area contributed by atoms with Gasteiger partial charge in [0.1, 0.15) is 16.8 Å². The van der Waals surface area contributed by atoms with E-state index in [-0.39, 0.29) is 22.8 Å². The summed E-state index contributed by atoms with van der Waals surface area (Å²) in [4.78, 5) is 43.7. The number of nitro benzene ring substituents is 1. The minimum Gasteiger partial charge on any atom is -0.463 e. The summed E-state index contributed by atoms with van der Waals surface area (Å²) in [5.74, 6) is 0.266. The van der Waals surface area contributed by atoms with Crippen LogP contribution in [0.25, 0.3) is 27.6 Å². The Labute approximate surface area is 195 Å². The third kappa shape index (κ3) is 3.71. The topological polar surface area (TPSA) is 133 Å². The van der Waals surface area contributed by atoms with E-state index in [0.29, 0.717) is 27.6 Å². The standard InChI is InChI=1S/C23H16N4O6S/c1-32-22(29)18-11-10-15(33-18)12-34-23-25-19-16-4-2-3-5-17(16)24-20(19)21(28)26(23)13-6-8-14(9-7-13)27(30)31/h2-11,24H,12H2,1H3. The fourth-order valence-electron chi connectivity index (χ4n) is 3.59. The molecule has 3 aromatic heterocycles. The second-order valence-corrected chi connectivity index (χ2v) is 8.19. The Morgan fingerprint density at radius 3 is 2.68 bits per heavy atom. The molecular weight excluding hydrogens is 460 g/mol. The van der Waals surface area contributed by atoms with Gasteiger partial charge in [-0.25, -0.2) is 9.78 Å². The highest BCUT2D eigenvalue weighted by Gasteiger charge is 2.19. The predicted octanol–water partition coefficient (Wildman–Crippen LogP) is 4.45. The molecule has 0 fully saturated rings. The molecule has 0 aliphatic carbocycles. The number of non-ortho nitro benzene ring substituents is 1. The van der Waals surface area contributed by atoms with E-state index in [4.69, 9.17) is 9.40 Å². The molecule has 3 heterocycles. The second-order valence-electron chi connectivity index (χ2n) is 7.25. The molecule has 34 heavy (non-hydrogen) atoms. The van der Waals surface area contributed by atoms with Crippen molar-refractivity contribution in [1.82, 2.24) is 14.5 Å². The summed E-state index contributed by atoms with van der Waals surface area (Å²) in [5, 5.41) is 12.2. The van der Waals surface area contributed by atoms with Crippen LogP contribution in [-0.2, 0) is 10.5 Å². The lowest BCUT2D eigenvalue weighted by Gasteiger charge is -2.11. The van der Waals surface area contributed by atoms with E-state index in [1.165, 1.54) is 53.8 Å². The van der Waals surface area contributed by atoms with E-state index >= 15 is 0 Å². The molecule has 10 nitrogen and oxygen atoms in total. The minimum absolute atomic E-state index is 0.0749.